The number of ketones is 1. The van der Waals surface area contributed by atoms with Crippen molar-refractivity contribution in [3.63, 3.8) is 0 Å². The molecule has 5 rings (SSSR count). The number of alkyl halides is 24. The first-order valence-electron chi connectivity index (χ1n) is 19.1. The van der Waals surface area contributed by atoms with Gasteiger partial charge in [0.25, 0.3) is 0 Å². The van der Waals surface area contributed by atoms with Gasteiger partial charge < -0.3 is 0 Å². The second kappa shape index (κ2) is 20.2. The van der Waals surface area contributed by atoms with Crippen molar-refractivity contribution in [3.05, 3.63) is 147 Å². The summed E-state index contributed by atoms with van der Waals surface area (Å²) in [6, 6.07) is -1.73. The van der Waals surface area contributed by atoms with Crippen LogP contribution in [0.4, 0.5) is 105 Å². The lowest BCUT2D eigenvalue weighted by Crippen LogP contribution is -2.75. The molecular formula is C43H27BF24O2S2. The van der Waals surface area contributed by atoms with Crippen molar-refractivity contribution < 1.29 is 114 Å². The molecule has 72 heavy (non-hydrogen) atoms. The van der Waals surface area contributed by atoms with Crippen LogP contribution in [0.25, 0.3) is 0 Å². The Balaban J connectivity index is 0.000000639. The Morgan fingerprint density at radius 1 is 0.403 bits per heavy atom. The summed E-state index contributed by atoms with van der Waals surface area (Å²) >= 11 is 0. The third-order valence-corrected chi connectivity index (χ3v) is 12.1. The fourth-order valence-corrected chi connectivity index (χ4v) is 8.52. The fraction of sp³-hybridized carbons (Fsp3) is 0.279. The molecule has 0 saturated carbocycles. The van der Waals surface area contributed by atoms with Crippen molar-refractivity contribution >= 4 is 55.5 Å². The van der Waals surface area contributed by atoms with Crippen molar-refractivity contribution in [3.8, 4) is 0 Å². The van der Waals surface area contributed by atoms with E-state index in [2.05, 4.69) is 0 Å². The average molecular weight is 1110 g/mol. The Morgan fingerprint density at radius 3 is 0.806 bits per heavy atom. The van der Waals surface area contributed by atoms with Crippen molar-refractivity contribution in [1.82, 2.24) is 0 Å². The number of hydrogen-bond acceptors (Lipinski definition) is 2. The predicted molar refractivity (Wildman–Crippen MR) is 217 cm³/mol. The van der Waals surface area contributed by atoms with Gasteiger partial charge in [0.1, 0.15) is 6.15 Å². The first-order chi connectivity index (χ1) is 32.3. The van der Waals surface area contributed by atoms with Crippen LogP contribution in [0, 0.1) is 0 Å². The van der Waals surface area contributed by atoms with Crippen LogP contribution in [0.3, 0.4) is 0 Å². The van der Waals surface area contributed by atoms with Crippen LogP contribution in [0.2, 0.25) is 0 Å². The molecule has 0 bridgehead atoms. The second-order valence-corrected chi connectivity index (χ2v) is 19.4. The quantitative estimate of drug-likeness (QED) is 0.0672. The number of hydrogen-bond donors (Lipinski definition) is 0. The zero-order valence-electron chi connectivity index (χ0n) is 35.7. The molecule has 0 N–H and O–H groups in total. The van der Waals surface area contributed by atoms with Crippen LogP contribution in [-0.2, 0) is 71.1 Å². The van der Waals surface area contributed by atoms with E-state index < -0.39 is 206 Å². The molecular weight excluding hydrogens is 1080 g/mol. The summed E-state index contributed by atoms with van der Waals surface area (Å²) in [5.41, 5.74) is -29.5. The molecule has 0 aromatic heterocycles. The van der Waals surface area contributed by atoms with E-state index in [0.29, 0.717) is 16.2 Å². The van der Waals surface area contributed by atoms with Crippen LogP contribution in [0.15, 0.2) is 102 Å². The van der Waals surface area contributed by atoms with Crippen LogP contribution in [0.5, 0.6) is 0 Å². The SMILES string of the molecule is CS(=O)c1cccc(C(=O)C[S+](C)C)c1.FC(F)(F)c1cc([B-](c2cc(C(F)(F)F)cc(C(F)(F)F)c2)(c2cc(C(F)(F)F)cc(C(F)(F)F)c2)c2cc(C(F)(F)F)cc(C(F)(F)F)c2)cc(C(F)(F)F)c1. The van der Waals surface area contributed by atoms with Gasteiger partial charge in [-0.15, -0.1) is 0 Å². The van der Waals surface area contributed by atoms with E-state index in [9.17, 15) is 114 Å². The molecule has 1 unspecified atom stereocenters. The van der Waals surface area contributed by atoms with Gasteiger partial charge in [0.2, 0.25) is 5.78 Å². The minimum atomic E-state index is -6.13. The largest absolute Gasteiger partial charge is 0.416 e. The van der Waals surface area contributed by atoms with E-state index in [1.54, 1.807) is 30.5 Å². The van der Waals surface area contributed by atoms with Gasteiger partial charge in [0.15, 0.2) is 5.75 Å². The lowest BCUT2D eigenvalue weighted by molar-refractivity contribution is -0.144. The molecule has 0 aliphatic rings. The molecule has 2 nitrogen and oxygen atoms in total. The Hall–Kier alpha value is -5.35. The van der Waals surface area contributed by atoms with Gasteiger partial charge in [-0.25, -0.2) is 0 Å². The highest BCUT2D eigenvalue weighted by atomic mass is 32.2. The monoisotopic (exact) mass is 1110 g/mol. The van der Waals surface area contributed by atoms with Gasteiger partial charge in [-0.2, -0.15) is 127 Å². The minimum absolute atomic E-state index is 0.111. The normalized spacial score (nSPS) is 14.0. The lowest BCUT2D eigenvalue weighted by Gasteiger charge is -2.46. The van der Waals surface area contributed by atoms with E-state index in [-0.39, 0.29) is 16.7 Å². The molecule has 0 saturated heterocycles. The molecule has 0 amide bonds. The summed E-state index contributed by atoms with van der Waals surface area (Å²) in [6.45, 7) is 0. The van der Waals surface area contributed by atoms with Gasteiger partial charge in [-0.05, 0) is 47.3 Å². The first-order valence-corrected chi connectivity index (χ1v) is 22.9. The van der Waals surface area contributed by atoms with Crippen molar-refractivity contribution in [2.24, 2.45) is 0 Å². The van der Waals surface area contributed by atoms with Crippen molar-refractivity contribution in [1.29, 1.82) is 0 Å². The third kappa shape index (κ3) is 14.0. The van der Waals surface area contributed by atoms with E-state index in [1.165, 1.54) is 0 Å². The van der Waals surface area contributed by atoms with Crippen molar-refractivity contribution in [2.75, 3.05) is 24.5 Å². The average Bonchev–Trinajstić information content (AvgIpc) is 3.21. The molecule has 0 fully saturated rings. The van der Waals surface area contributed by atoms with E-state index in [1.807, 2.05) is 12.5 Å². The number of Topliss-reactive ketones (excluding diaryl/α,β-unsaturated/α-hetero) is 1. The Morgan fingerprint density at radius 2 is 0.625 bits per heavy atom. The van der Waals surface area contributed by atoms with Crippen LogP contribution < -0.4 is 21.9 Å². The smallest absolute Gasteiger partial charge is 0.289 e. The topological polar surface area (TPSA) is 34.1 Å². The molecule has 0 radical (unpaired) electrons. The zero-order valence-corrected chi connectivity index (χ0v) is 37.4. The Labute approximate surface area is 395 Å². The third-order valence-electron chi connectivity index (χ3n) is 10.3. The molecule has 0 aliphatic carbocycles. The van der Waals surface area contributed by atoms with Crippen molar-refractivity contribution in [2.45, 2.75) is 54.3 Å². The molecule has 5 aromatic carbocycles. The van der Waals surface area contributed by atoms with E-state index in [4.69, 9.17) is 0 Å². The van der Waals surface area contributed by atoms with Gasteiger partial charge in [-0.1, -0.05) is 60.7 Å². The number of benzene rings is 5. The highest BCUT2D eigenvalue weighted by Gasteiger charge is 2.47. The van der Waals surface area contributed by atoms with Gasteiger partial charge in [0.05, 0.1) is 57.0 Å². The second-order valence-electron chi connectivity index (χ2n) is 15.8. The maximum atomic E-state index is 14.2. The number of carbonyl (C=O) groups is 1. The first kappa shape index (κ1) is 59.2. The Kier molecular flexibility index (Phi) is 16.6. The molecule has 394 valence electrons. The standard InChI is InChI=1S/C32H12BF24.C11H15O2S2/c34-25(35,36)13-1-14(26(37,38)39)6-21(5-13)33(22-7-15(27(40,41)42)2-16(8-22)28(43,44)45,23-9-17(29(46,47)48)3-18(10-23)30(49,50)51)24-11-19(31(52,53)54)4-20(12-24)32(55,56)57;1-14(2)8-11(12)9-5-4-6-10(7-9)15(3)13/h1-12H;4-7H,8H2,1-3H3/q-1;+1. The number of halogens is 24. The molecule has 29 heteroatoms. The summed E-state index contributed by atoms with van der Waals surface area (Å²) in [7, 11) is -0.907. The lowest BCUT2D eigenvalue weighted by atomic mass is 9.12. The maximum absolute atomic E-state index is 14.2. The fourth-order valence-electron chi connectivity index (χ4n) is 7.26. The summed E-state index contributed by atoms with van der Waals surface area (Å²) in [4.78, 5) is 12.5. The molecule has 1 atom stereocenters. The van der Waals surface area contributed by atoms with E-state index >= 15 is 0 Å². The molecule has 0 heterocycles. The number of rotatable bonds is 8. The highest BCUT2D eigenvalue weighted by molar-refractivity contribution is 7.96. The predicted octanol–water partition coefficient (Wildman–Crippen LogP) is 12.7. The van der Waals surface area contributed by atoms with Gasteiger partial charge >= 0.3 is 49.4 Å². The van der Waals surface area contributed by atoms with Crippen LogP contribution in [0.1, 0.15) is 54.9 Å². The number of carbonyl (C=O) groups excluding carboxylic acids is 1. The summed E-state index contributed by atoms with van der Waals surface area (Å²) in [5.74, 6) is 0.704. The summed E-state index contributed by atoms with van der Waals surface area (Å²) in [5, 5.41) is 0. The zero-order chi connectivity index (χ0) is 55.3. The summed E-state index contributed by atoms with van der Waals surface area (Å²) < 4.78 is 352. The molecule has 0 aliphatic heterocycles. The van der Waals surface area contributed by atoms with Gasteiger partial charge in [0, 0.05) is 27.5 Å². The highest BCUT2D eigenvalue weighted by Crippen LogP contribution is 2.41. The van der Waals surface area contributed by atoms with Crippen LogP contribution in [-0.4, -0.2) is 40.7 Å². The maximum Gasteiger partial charge on any atom is 0.416 e. The van der Waals surface area contributed by atoms with Gasteiger partial charge in [-0.3, -0.25) is 9.00 Å². The Bertz CT molecular complexity index is 2370. The summed E-state index contributed by atoms with van der Waals surface area (Å²) in [6.07, 6.45) is -49.1. The molecule has 0 spiro atoms. The van der Waals surface area contributed by atoms with Crippen LogP contribution >= 0.6 is 0 Å². The minimum Gasteiger partial charge on any atom is -0.289 e. The van der Waals surface area contributed by atoms with E-state index in [0.717, 1.165) is 0 Å². The molecule has 5 aromatic rings.